The number of halogens is 1. The van der Waals surface area contributed by atoms with Crippen molar-refractivity contribution in [1.82, 2.24) is 20.0 Å². The van der Waals surface area contributed by atoms with Crippen molar-refractivity contribution in [2.75, 3.05) is 6.61 Å². The maximum absolute atomic E-state index is 13.0. The summed E-state index contributed by atoms with van der Waals surface area (Å²) in [6.45, 7) is 3.70. The molecule has 3 aromatic rings. The second-order valence-corrected chi connectivity index (χ2v) is 7.01. The van der Waals surface area contributed by atoms with Gasteiger partial charge in [0.1, 0.15) is 12.9 Å². The summed E-state index contributed by atoms with van der Waals surface area (Å²) in [6, 6.07) is 10.1. The van der Waals surface area contributed by atoms with Gasteiger partial charge in [-0.15, -0.1) is 4.73 Å². The lowest BCUT2D eigenvalue weighted by molar-refractivity contribution is 0.107. The van der Waals surface area contributed by atoms with Gasteiger partial charge in [0.15, 0.2) is 5.65 Å². The number of aromatic nitrogens is 3. The van der Waals surface area contributed by atoms with Gasteiger partial charge in [0.25, 0.3) is 5.56 Å². The molecular weight excluding hydrogens is 443 g/mol. The number of hydrogen-bond donors (Lipinski definition) is 1. The Morgan fingerprint density at radius 1 is 1.23 bits per heavy atom. The zero-order chi connectivity index (χ0) is 18.4. The summed E-state index contributed by atoms with van der Waals surface area (Å²) in [5, 5.41) is 4.16. The lowest BCUT2D eigenvalue weighted by Crippen LogP contribution is -2.34. The first-order valence-corrected chi connectivity index (χ1v) is 9.71. The molecule has 7 heteroatoms. The molecule has 0 saturated heterocycles. The molecule has 0 spiro atoms. The van der Waals surface area contributed by atoms with Gasteiger partial charge >= 0.3 is 0 Å². The maximum Gasteiger partial charge on any atom is 0.290 e. The minimum atomic E-state index is -0.169. The fraction of sp³-hybridized carbons (Fsp3) is 0.316. The van der Waals surface area contributed by atoms with Crippen molar-refractivity contribution in [3.63, 3.8) is 0 Å². The predicted molar refractivity (Wildman–Crippen MR) is 110 cm³/mol. The van der Waals surface area contributed by atoms with Crippen molar-refractivity contribution in [2.24, 2.45) is 0 Å². The number of nitrogens with zero attached hydrogens (tertiary/aromatic N) is 3. The third-order valence-corrected chi connectivity index (χ3v) is 5.25. The molecule has 1 aromatic carbocycles. The summed E-state index contributed by atoms with van der Waals surface area (Å²) in [4.78, 5) is 27.1. The van der Waals surface area contributed by atoms with Gasteiger partial charge in [-0.25, -0.2) is 9.97 Å². The smallest absolute Gasteiger partial charge is 0.290 e. The third-order valence-electron chi connectivity index (χ3n) is 4.02. The standard InChI is InChI=1S/C19H21IN4O2/c1-2-3-9-26-24-18-15(11-22-13-23-18)17(20)16(19(24)25)12-21-10-14-7-5-4-6-8-14/h4-8,11,13,21H,2-3,9-10,12H2,1H3. The number of fused-ring (bicyclic) bond motifs is 1. The van der Waals surface area contributed by atoms with Crippen molar-refractivity contribution in [3.8, 4) is 0 Å². The molecule has 2 aromatic heterocycles. The Morgan fingerprint density at radius 3 is 2.81 bits per heavy atom. The molecule has 3 rings (SSSR count). The van der Waals surface area contributed by atoms with E-state index in [0.29, 0.717) is 30.9 Å². The minimum absolute atomic E-state index is 0.169. The van der Waals surface area contributed by atoms with E-state index >= 15 is 0 Å². The number of hydrogen-bond acceptors (Lipinski definition) is 5. The number of benzene rings is 1. The summed E-state index contributed by atoms with van der Waals surface area (Å²) >= 11 is 2.19. The first-order valence-electron chi connectivity index (χ1n) is 8.63. The second-order valence-electron chi connectivity index (χ2n) is 5.93. The van der Waals surface area contributed by atoms with Gasteiger partial charge < -0.3 is 10.2 Å². The highest BCUT2D eigenvalue weighted by molar-refractivity contribution is 14.1. The fourth-order valence-electron chi connectivity index (χ4n) is 2.62. The van der Waals surface area contributed by atoms with Crippen LogP contribution in [-0.2, 0) is 13.1 Å². The molecule has 1 N–H and O–H groups in total. The third kappa shape index (κ3) is 4.21. The molecule has 0 aliphatic carbocycles. The summed E-state index contributed by atoms with van der Waals surface area (Å²) in [6.07, 6.45) is 5.04. The molecule has 6 nitrogen and oxygen atoms in total. The van der Waals surface area contributed by atoms with Crippen LogP contribution in [0.3, 0.4) is 0 Å². The Kier molecular flexibility index (Phi) is 6.56. The highest BCUT2D eigenvalue weighted by Crippen LogP contribution is 2.19. The quantitative estimate of drug-likeness (QED) is 0.410. The molecule has 0 atom stereocenters. The van der Waals surface area contributed by atoms with Crippen LogP contribution in [0.2, 0.25) is 0 Å². The van der Waals surface area contributed by atoms with Gasteiger partial charge in [-0.1, -0.05) is 43.7 Å². The number of nitrogens with one attached hydrogen (secondary N) is 1. The van der Waals surface area contributed by atoms with E-state index in [9.17, 15) is 4.79 Å². The van der Waals surface area contributed by atoms with Gasteiger partial charge in [0.2, 0.25) is 0 Å². The zero-order valence-electron chi connectivity index (χ0n) is 14.6. The van der Waals surface area contributed by atoms with Crippen LogP contribution in [0.25, 0.3) is 11.0 Å². The number of unbranched alkanes of at least 4 members (excludes halogenated alkanes) is 1. The molecule has 2 heterocycles. The highest BCUT2D eigenvalue weighted by Gasteiger charge is 2.17. The van der Waals surface area contributed by atoms with Gasteiger partial charge in [0, 0.05) is 28.4 Å². The van der Waals surface area contributed by atoms with Crippen LogP contribution in [0.5, 0.6) is 0 Å². The predicted octanol–water partition coefficient (Wildman–Crippen LogP) is 2.91. The first-order chi connectivity index (χ1) is 12.7. The molecule has 0 saturated carbocycles. The van der Waals surface area contributed by atoms with Crippen LogP contribution in [0.1, 0.15) is 30.9 Å². The molecule has 0 amide bonds. The van der Waals surface area contributed by atoms with Gasteiger partial charge in [0.05, 0.1) is 5.39 Å². The fourth-order valence-corrected chi connectivity index (χ4v) is 3.42. The van der Waals surface area contributed by atoms with Crippen LogP contribution in [0, 0.1) is 3.57 Å². The van der Waals surface area contributed by atoms with E-state index < -0.39 is 0 Å². The summed E-state index contributed by atoms with van der Waals surface area (Å²) in [7, 11) is 0. The van der Waals surface area contributed by atoms with E-state index in [4.69, 9.17) is 4.84 Å². The van der Waals surface area contributed by atoms with Gasteiger partial charge in [-0.05, 0) is 34.6 Å². The number of rotatable bonds is 8. The molecular formula is C19H21IN4O2. The van der Waals surface area contributed by atoms with Crippen LogP contribution >= 0.6 is 22.6 Å². The van der Waals surface area contributed by atoms with E-state index in [1.807, 2.05) is 18.2 Å². The van der Waals surface area contributed by atoms with Crippen molar-refractivity contribution in [2.45, 2.75) is 32.9 Å². The van der Waals surface area contributed by atoms with E-state index in [2.05, 4.69) is 56.9 Å². The van der Waals surface area contributed by atoms with Crippen molar-refractivity contribution in [3.05, 3.63) is 67.9 Å². The molecule has 0 aliphatic heterocycles. The lowest BCUT2D eigenvalue weighted by atomic mass is 10.2. The second kappa shape index (κ2) is 9.09. The van der Waals surface area contributed by atoms with E-state index in [1.54, 1.807) is 6.20 Å². The average molecular weight is 464 g/mol. The Labute approximate surface area is 165 Å². The molecule has 0 bridgehead atoms. The molecule has 0 radical (unpaired) electrons. The number of pyridine rings is 1. The van der Waals surface area contributed by atoms with Crippen molar-refractivity contribution < 1.29 is 4.84 Å². The summed E-state index contributed by atoms with van der Waals surface area (Å²) < 4.78 is 2.17. The average Bonchev–Trinajstić information content (AvgIpc) is 2.68. The Morgan fingerprint density at radius 2 is 2.04 bits per heavy atom. The Bertz CT molecular complexity index is 928. The topological polar surface area (TPSA) is 69.0 Å². The maximum atomic E-state index is 13.0. The van der Waals surface area contributed by atoms with E-state index in [0.717, 1.165) is 21.8 Å². The van der Waals surface area contributed by atoms with E-state index in [1.165, 1.54) is 16.6 Å². The Hall–Kier alpha value is -2.00. The van der Waals surface area contributed by atoms with Crippen molar-refractivity contribution >= 4 is 33.6 Å². The monoisotopic (exact) mass is 464 g/mol. The molecule has 136 valence electrons. The SMILES string of the molecule is CCCCOn1c(=O)c(CNCc2ccccc2)c(I)c2cncnc21. The largest absolute Gasteiger partial charge is 0.409 e. The molecule has 26 heavy (non-hydrogen) atoms. The van der Waals surface area contributed by atoms with Crippen LogP contribution in [0.4, 0.5) is 0 Å². The van der Waals surface area contributed by atoms with E-state index in [-0.39, 0.29) is 5.56 Å². The molecule has 0 unspecified atom stereocenters. The summed E-state index contributed by atoms with van der Waals surface area (Å²) in [5.41, 5.74) is 2.18. The molecule has 0 fully saturated rings. The van der Waals surface area contributed by atoms with Crippen LogP contribution in [-0.4, -0.2) is 21.3 Å². The first kappa shape index (κ1) is 18.8. The summed E-state index contributed by atoms with van der Waals surface area (Å²) in [5.74, 6) is 0. The lowest BCUT2D eigenvalue weighted by Gasteiger charge is -2.15. The normalized spacial score (nSPS) is 11.0. The molecule has 0 aliphatic rings. The van der Waals surface area contributed by atoms with Crippen LogP contribution in [0.15, 0.2) is 47.7 Å². The van der Waals surface area contributed by atoms with Crippen LogP contribution < -0.4 is 15.7 Å². The Balaban J connectivity index is 1.89. The highest BCUT2D eigenvalue weighted by atomic mass is 127. The zero-order valence-corrected chi connectivity index (χ0v) is 16.8. The van der Waals surface area contributed by atoms with Gasteiger partial charge in [-0.2, -0.15) is 0 Å². The van der Waals surface area contributed by atoms with Gasteiger partial charge in [-0.3, -0.25) is 4.79 Å². The minimum Gasteiger partial charge on any atom is -0.409 e. The van der Waals surface area contributed by atoms with Crippen molar-refractivity contribution in [1.29, 1.82) is 0 Å².